The summed E-state index contributed by atoms with van der Waals surface area (Å²) in [6.07, 6.45) is 17.8. The largest absolute Gasteiger partial charge is 2.00 e. The van der Waals surface area contributed by atoms with E-state index in [1.165, 1.54) is 0 Å². The standard InChI is InChI=1S/C15H11O3.C5H5.Fe/c16-12-7-5-11(6-8-12)14-13(9-18-15(14)17)10-3-1-2-4-10;1-2-4-5-3-1;/h1-8,16H,9H2;1-5H;/q;;+2. The molecule has 0 saturated heterocycles. The monoisotopic (exact) mass is 360 g/mol. The first-order valence-corrected chi connectivity index (χ1v) is 7.34. The molecule has 120 valence electrons. The first-order chi connectivity index (χ1) is 11.3. The molecule has 4 rings (SSSR count). The summed E-state index contributed by atoms with van der Waals surface area (Å²) in [6.45, 7) is 0.305. The molecule has 0 aromatic heterocycles. The molecule has 1 N–H and O–H groups in total. The molecule has 3 nitrogen and oxygen atoms in total. The quantitative estimate of drug-likeness (QED) is 0.651. The summed E-state index contributed by atoms with van der Waals surface area (Å²) in [5, 5.41) is 9.28. The van der Waals surface area contributed by atoms with E-state index in [4.69, 9.17) is 4.74 Å². The molecule has 1 heterocycles. The van der Waals surface area contributed by atoms with Gasteiger partial charge in [-0.2, -0.15) is 0 Å². The molecule has 1 aliphatic heterocycles. The van der Waals surface area contributed by atoms with Crippen LogP contribution in [0.1, 0.15) is 5.56 Å². The topological polar surface area (TPSA) is 46.5 Å². The van der Waals surface area contributed by atoms with E-state index in [0.717, 1.165) is 17.1 Å². The summed E-state index contributed by atoms with van der Waals surface area (Å²) in [7, 11) is 0. The predicted octanol–water partition coefficient (Wildman–Crippen LogP) is 3.13. The Labute approximate surface area is 155 Å². The van der Waals surface area contributed by atoms with E-state index < -0.39 is 0 Å². The van der Waals surface area contributed by atoms with Gasteiger partial charge in [-0.05, 0) is 81.1 Å². The van der Waals surface area contributed by atoms with Crippen molar-refractivity contribution in [3.05, 3.63) is 99.1 Å². The van der Waals surface area contributed by atoms with Crippen molar-refractivity contribution in [2.24, 2.45) is 0 Å². The second-order valence-electron chi connectivity index (χ2n) is 5.11. The molecule has 24 heavy (non-hydrogen) atoms. The maximum absolute atomic E-state index is 11.8. The molecule has 4 heteroatoms. The third kappa shape index (κ3) is 4.64. The van der Waals surface area contributed by atoms with Gasteiger partial charge in [0.2, 0.25) is 0 Å². The van der Waals surface area contributed by atoms with E-state index in [1.807, 2.05) is 57.8 Å². The number of phenols is 1. The van der Waals surface area contributed by atoms with Crippen LogP contribution in [0.4, 0.5) is 0 Å². The average molecular weight is 360 g/mol. The SMILES string of the molecule is O=C1OCC([C]2[CH][CH][CH][CH]2)=C1c1ccc(O)cc1.[CH]1[CH][CH][CH][CH]1.[Fe+2]. The van der Waals surface area contributed by atoms with E-state index in [9.17, 15) is 9.90 Å². The van der Waals surface area contributed by atoms with E-state index in [1.54, 1.807) is 24.3 Å². The van der Waals surface area contributed by atoms with Gasteiger partial charge in [-0.25, -0.2) is 4.79 Å². The first-order valence-electron chi connectivity index (χ1n) is 7.34. The number of carbonyl (C=O) groups is 1. The van der Waals surface area contributed by atoms with Crippen molar-refractivity contribution in [1.29, 1.82) is 0 Å². The summed E-state index contributed by atoms with van der Waals surface area (Å²) in [5.41, 5.74) is 2.25. The van der Waals surface area contributed by atoms with Crippen LogP contribution >= 0.6 is 0 Å². The Bertz CT molecular complexity index is 559. The molecule has 10 radical (unpaired) electrons. The molecule has 1 aromatic carbocycles. The second-order valence-corrected chi connectivity index (χ2v) is 5.11. The maximum atomic E-state index is 11.8. The van der Waals surface area contributed by atoms with Crippen molar-refractivity contribution in [3.8, 4) is 5.75 Å². The van der Waals surface area contributed by atoms with E-state index in [0.29, 0.717) is 12.2 Å². The summed E-state index contributed by atoms with van der Waals surface area (Å²) in [5.74, 6) is 0.876. The van der Waals surface area contributed by atoms with Gasteiger partial charge >= 0.3 is 23.0 Å². The number of hydrogen-bond donors (Lipinski definition) is 1. The zero-order valence-electron chi connectivity index (χ0n) is 12.8. The normalized spacial score (nSPS) is 20.4. The van der Waals surface area contributed by atoms with Gasteiger partial charge < -0.3 is 9.84 Å². The van der Waals surface area contributed by atoms with Crippen LogP contribution in [0.2, 0.25) is 0 Å². The first kappa shape index (κ1) is 19.1. The number of benzene rings is 1. The number of rotatable bonds is 2. The minimum atomic E-state index is -0.308. The smallest absolute Gasteiger partial charge is 0.508 e. The van der Waals surface area contributed by atoms with Gasteiger partial charge in [0.1, 0.15) is 12.4 Å². The summed E-state index contributed by atoms with van der Waals surface area (Å²) < 4.78 is 5.11. The molecular formula is C20H16FeO3+2. The Morgan fingerprint density at radius 1 is 0.833 bits per heavy atom. The summed E-state index contributed by atoms with van der Waals surface area (Å²) in [4.78, 5) is 11.8. The Morgan fingerprint density at radius 2 is 1.38 bits per heavy atom. The fraction of sp³-hybridized carbons (Fsp3) is 0.0500. The summed E-state index contributed by atoms with van der Waals surface area (Å²) in [6, 6.07) is 6.58. The van der Waals surface area contributed by atoms with Crippen LogP contribution in [0.3, 0.4) is 0 Å². The molecule has 1 aromatic rings. The Hall–Kier alpha value is -1.25. The number of carbonyl (C=O) groups excluding carboxylic acids is 1. The fourth-order valence-corrected chi connectivity index (χ4v) is 2.45. The zero-order valence-corrected chi connectivity index (χ0v) is 13.9. The third-order valence-corrected chi connectivity index (χ3v) is 3.58. The zero-order chi connectivity index (χ0) is 16.1. The summed E-state index contributed by atoms with van der Waals surface area (Å²) >= 11 is 0. The van der Waals surface area contributed by atoms with Gasteiger partial charge in [0.15, 0.2) is 0 Å². The molecule has 0 atom stereocenters. The van der Waals surface area contributed by atoms with Gasteiger partial charge in [0.05, 0.1) is 5.57 Å². The molecule has 2 fully saturated rings. The van der Waals surface area contributed by atoms with Gasteiger partial charge in [-0.15, -0.1) is 0 Å². The molecule has 0 spiro atoms. The number of ether oxygens (including phenoxy) is 1. The van der Waals surface area contributed by atoms with Crippen LogP contribution in [0.15, 0.2) is 29.8 Å². The van der Waals surface area contributed by atoms with Crippen LogP contribution in [0, 0.1) is 63.7 Å². The van der Waals surface area contributed by atoms with Crippen molar-refractivity contribution in [1.82, 2.24) is 0 Å². The van der Waals surface area contributed by atoms with Gasteiger partial charge in [-0.3, -0.25) is 0 Å². The van der Waals surface area contributed by atoms with Crippen LogP contribution in [0.5, 0.6) is 5.75 Å². The minimum Gasteiger partial charge on any atom is -0.508 e. The number of hydrogen-bond acceptors (Lipinski definition) is 3. The maximum Gasteiger partial charge on any atom is 2.00 e. The molecule has 0 unspecified atom stereocenters. The molecule has 2 aliphatic carbocycles. The second kappa shape index (κ2) is 9.29. The van der Waals surface area contributed by atoms with Crippen LogP contribution in [-0.4, -0.2) is 17.7 Å². The number of aromatic hydroxyl groups is 1. The number of esters is 1. The van der Waals surface area contributed by atoms with Gasteiger partial charge in [-0.1, -0.05) is 12.1 Å². The van der Waals surface area contributed by atoms with Crippen molar-refractivity contribution < 1.29 is 31.7 Å². The number of cyclic esters (lactones) is 1. The van der Waals surface area contributed by atoms with Crippen LogP contribution in [-0.2, 0) is 26.6 Å². The van der Waals surface area contributed by atoms with Crippen molar-refractivity contribution in [2.45, 2.75) is 0 Å². The fourth-order valence-electron chi connectivity index (χ4n) is 2.45. The van der Waals surface area contributed by atoms with Crippen LogP contribution in [0.25, 0.3) is 5.57 Å². The van der Waals surface area contributed by atoms with Gasteiger partial charge in [0.25, 0.3) is 0 Å². The molecule has 2 saturated carbocycles. The third-order valence-electron chi connectivity index (χ3n) is 3.58. The minimum absolute atomic E-state index is 0. The molecular weight excluding hydrogens is 344 g/mol. The molecule has 0 bridgehead atoms. The average Bonchev–Trinajstić information content (AvgIpc) is 3.32. The van der Waals surface area contributed by atoms with Gasteiger partial charge in [0, 0.05) is 5.92 Å². The number of phenolic OH excluding ortho intramolecular Hbond substituents is 1. The van der Waals surface area contributed by atoms with Crippen LogP contribution < -0.4 is 0 Å². The Morgan fingerprint density at radius 3 is 1.92 bits per heavy atom. The molecule has 0 amide bonds. The molecule has 3 aliphatic rings. The van der Waals surface area contributed by atoms with E-state index in [2.05, 4.69) is 0 Å². The Balaban J connectivity index is 0.000000300. The predicted molar refractivity (Wildman–Crippen MR) is 87.9 cm³/mol. The van der Waals surface area contributed by atoms with E-state index >= 15 is 0 Å². The van der Waals surface area contributed by atoms with Crippen molar-refractivity contribution in [3.63, 3.8) is 0 Å². The Kier molecular flexibility index (Phi) is 7.38. The van der Waals surface area contributed by atoms with Crippen molar-refractivity contribution in [2.75, 3.05) is 6.61 Å². The van der Waals surface area contributed by atoms with E-state index in [-0.39, 0.29) is 28.8 Å². The van der Waals surface area contributed by atoms with Crippen molar-refractivity contribution >= 4 is 11.5 Å².